The van der Waals surface area contributed by atoms with Gasteiger partial charge in [0, 0.05) is 31.1 Å². The molecule has 0 aliphatic rings. The van der Waals surface area contributed by atoms with Crippen LogP contribution in [0.5, 0.6) is 0 Å². The van der Waals surface area contributed by atoms with Crippen molar-refractivity contribution in [3.8, 4) is 5.82 Å². The van der Waals surface area contributed by atoms with E-state index < -0.39 is 4.92 Å². The van der Waals surface area contributed by atoms with E-state index in [2.05, 4.69) is 9.97 Å². The van der Waals surface area contributed by atoms with Crippen LogP contribution in [0.1, 0.15) is 12.7 Å². The first-order valence-electron chi connectivity index (χ1n) is 4.96. The molecule has 6 nitrogen and oxygen atoms in total. The molecule has 0 amide bonds. The smallest absolute Gasteiger partial charge is 0.282 e. The van der Waals surface area contributed by atoms with Crippen LogP contribution in [0, 0.1) is 10.1 Å². The summed E-state index contributed by atoms with van der Waals surface area (Å²) in [6.07, 6.45) is 5.26. The third kappa shape index (κ3) is 2.12. The molecule has 2 aromatic heterocycles. The molecule has 0 aromatic carbocycles. The maximum Gasteiger partial charge on any atom is 0.313 e. The third-order valence-corrected chi connectivity index (χ3v) is 2.48. The molecule has 0 unspecified atom stereocenters. The Morgan fingerprint density at radius 2 is 2.29 bits per heavy atom. The number of halogens is 1. The number of aromatic nitrogens is 3. The summed E-state index contributed by atoms with van der Waals surface area (Å²) in [5.74, 6) is 0.941. The molecule has 0 spiro atoms. The lowest BCUT2D eigenvalue weighted by molar-refractivity contribution is -0.384. The van der Waals surface area contributed by atoms with Crippen LogP contribution >= 0.6 is 11.6 Å². The fourth-order valence-electron chi connectivity index (χ4n) is 1.53. The predicted octanol–water partition coefficient (Wildman–Crippen LogP) is 2.39. The van der Waals surface area contributed by atoms with Gasteiger partial charge in [-0.15, -0.1) is 0 Å². The Labute approximate surface area is 102 Å². The van der Waals surface area contributed by atoms with Crippen LogP contribution in [0.3, 0.4) is 0 Å². The van der Waals surface area contributed by atoms with Crippen LogP contribution < -0.4 is 0 Å². The summed E-state index contributed by atoms with van der Waals surface area (Å²) in [6, 6.07) is 1.28. The summed E-state index contributed by atoms with van der Waals surface area (Å²) < 4.78 is 1.59. The van der Waals surface area contributed by atoms with Gasteiger partial charge in [0.25, 0.3) is 0 Å². The summed E-state index contributed by atoms with van der Waals surface area (Å²) in [5, 5.41) is 11.2. The van der Waals surface area contributed by atoms with E-state index in [0.717, 1.165) is 0 Å². The van der Waals surface area contributed by atoms with E-state index in [0.29, 0.717) is 12.2 Å². The van der Waals surface area contributed by atoms with Crippen molar-refractivity contribution in [1.82, 2.24) is 14.5 Å². The van der Waals surface area contributed by atoms with Gasteiger partial charge < -0.3 is 0 Å². The van der Waals surface area contributed by atoms with Crippen molar-refractivity contribution in [3.63, 3.8) is 0 Å². The molecule has 0 atom stereocenters. The highest BCUT2D eigenvalue weighted by atomic mass is 35.5. The van der Waals surface area contributed by atoms with Crippen molar-refractivity contribution >= 4 is 17.3 Å². The topological polar surface area (TPSA) is 73.8 Å². The van der Waals surface area contributed by atoms with E-state index in [4.69, 9.17) is 11.6 Å². The lowest BCUT2D eigenvalue weighted by Crippen LogP contribution is -2.05. The van der Waals surface area contributed by atoms with Gasteiger partial charge in [-0.3, -0.25) is 14.7 Å². The summed E-state index contributed by atoms with van der Waals surface area (Å²) in [5.41, 5.74) is -0.134. The number of imidazole rings is 1. The van der Waals surface area contributed by atoms with E-state index in [1.807, 2.05) is 6.92 Å². The monoisotopic (exact) mass is 252 g/mol. The molecule has 2 aromatic rings. The van der Waals surface area contributed by atoms with Gasteiger partial charge in [0.15, 0.2) is 0 Å². The third-order valence-electron chi connectivity index (χ3n) is 2.27. The Bertz CT molecular complexity index is 567. The molecular formula is C10H9ClN4O2. The van der Waals surface area contributed by atoms with E-state index in [-0.39, 0.29) is 16.5 Å². The number of hydrogen-bond donors (Lipinski definition) is 0. The summed E-state index contributed by atoms with van der Waals surface area (Å²) in [7, 11) is 0. The van der Waals surface area contributed by atoms with Gasteiger partial charge in [-0.2, -0.15) is 0 Å². The first-order valence-corrected chi connectivity index (χ1v) is 5.33. The molecule has 0 aliphatic carbocycles. The summed E-state index contributed by atoms with van der Waals surface area (Å²) in [4.78, 5) is 18.5. The first kappa shape index (κ1) is 11.5. The number of pyridine rings is 1. The maximum atomic E-state index is 10.9. The van der Waals surface area contributed by atoms with Gasteiger partial charge in [-0.05, 0) is 0 Å². The Balaban J connectivity index is 2.63. The highest BCUT2D eigenvalue weighted by Crippen LogP contribution is 2.24. The summed E-state index contributed by atoms with van der Waals surface area (Å²) in [6.45, 7) is 1.92. The molecule has 17 heavy (non-hydrogen) atoms. The number of hydrogen-bond acceptors (Lipinski definition) is 4. The number of aryl methyl sites for hydroxylation is 1. The molecule has 0 fully saturated rings. The van der Waals surface area contributed by atoms with Crippen LogP contribution in [0.15, 0.2) is 24.7 Å². The second-order valence-electron chi connectivity index (χ2n) is 3.32. The lowest BCUT2D eigenvalue weighted by Gasteiger charge is -2.05. The number of rotatable bonds is 3. The van der Waals surface area contributed by atoms with Crippen molar-refractivity contribution in [3.05, 3.63) is 45.6 Å². The zero-order chi connectivity index (χ0) is 12.4. The Hall–Kier alpha value is -1.95. The van der Waals surface area contributed by atoms with Gasteiger partial charge in [0.2, 0.25) is 5.82 Å². The Morgan fingerprint density at radius 3 is 2.94 bits per heavy atom. The minimum Gasteiger partial charge on any atom is -0.282 e. The number of nitrogens with zero attached hydrogens (tertiary/aromatic N) is 4. The Kier molecular flexibility index (Phi) is 3.06. The fourth-order valence-corrected chi connectivity index (χ4v) is 1.68. The Morgan fingerprint density at radius 1 is 1.53 bits per heavy atom. The lowest BCUT2D eigenvalue weighted by atomic mass is 10.3. The standard InChI is InChI=1S/C10H9ClN4O2/c1-2-9-12-3-4-14(9)10-8(15(16)17)5-7(11)6-13-10/h3-6H,2H2,1H3. The van der Waals surface area contributed by atoms with Gasteiger partial charge in [-0.1, -0.05) is 18.5 Å². The molecule has 7 heteroatoms. The van der Waals surface area contributed by atoms with E-state index in [1.54, 1.807) is 17.0 Å². The second kappa shape index (κ2) is 4.50. The second-order valence-corrected chi connectivity index (χ2v) is 3.76. The number of nitro groups is 1. The maximum absolute atomic E-state index is 10.9. The first-order chi connectivity index (χ1) is 8.13. The van der Waals surface area contributed by atoms with Crippen LogP contribution in [-0.4, -0.2) is 19.5 Å². The van der Waals surface area contributed by atoms with Crippen LogP contribution in [0.4, 0.5) is 5.69 Å². The minimum absolute atomic E-state index is 0.134. The van der Waals surface area contributed by atoms with Crippen LogP contribution in [-0.2, 0) is 6.42 Å². The highest BCUT2D eigenvalue weighted by molar-refractivity contribution is 6.30. The van der Waals surface area contributed by atoms with Crippen molar-refractivity contribution in [2.45, 2.75) is 13.3 Å². The van der Waals surface area contributed by atoms with E-state index in [9.17, 15) is 10.1 Å². The van der Waals surface area contributed by atoms with Gasteiger partial charge in [-0.25, -0.2) is 9.97 Å². The normalized spacial score (nSPS) is 10.5. The van der Waals surface area contributed by atoms with Crippen molar-refractivity contribution in [1.29, 1.82) is 0 Å². The molecule has 88 valence electrons. The van der Waals surface area contributed by atoms with Crippen molar-refractivity contribution in [2.75, 3.05) is 0 Å². The zero-order valence-corrected chi connectivity index (χ0v) is 9.76. The average Bonchev–Trinajstić information content (AvgIpc) is 2.76. The molecule has 2 rings (SSSR count). The molecule has 0 aliphatic heterocycles. The highest BCUT2D eigenvalue weighted by Gasteiger charge is 2.19. The minimum atomic E-state index is -0.506. The van der Waals surface area contributed by atoms with Crippen molar-refractivity contribution in [2.24, 2.45) is 0 Å². The van der Waals surface area contributed by atoms with Gasteiger partial charge in [0.05, 0.1) is 9.95 Å². The van der Waals surface area contributed by atoms with Crippen LogP contribution in [0.2, 0.25) is 5.02 Å². The molecular weight excluding hydrogens is 244 g/mol. The van der Waals surface area contributed by atoms with Crippen LogP contribution in [0.25, 0.3) is 5.82 Å². The summed E-state index contributed by atoms with van der Waals surface area (Å²) >= 11 is 5.70. The molecule has 0 saturated carbocycles. The quantitative estimate of drug-likeness (QED) is 0.621. The molecule has 0 N–H and O–H groups in total. The molecule has 0 radical (unpaired) electrons. The molecule has 0 saturated heterocycles. The fraction of sp³-hybridized carbons (Fsp3) is 0.200. The molecule has 2 heterocycles. The average molecular weight is 253 g/mol. The van der Waals surface area contributed by atoms with Crippen molar-refractivity contribution < 1.29 is 4.92 Å². The predicted molar refractivity (Wildman–Crippen MR) is 62.4 cm³/mol. The molecule has 0 bridgehead atoms. The van der Waals surface area contributed by atoms with Gasteiger partial charge >= 0.3 is 5.69 Å². The van der Waals surface area contributed by atoms with Gasteiger partial charge in [0.1, 0.15) is 5.82 Å². The largest absolute Gasteiger partial charge is 0.313 e. The SMILES string of the molecule is CCc1nccn1-c1ncc(Cl)cc1[N+](=O)[O-]. The van der Waals surface area contributed by atoms with E-state index in [1.165, 1.54) is 12.3 Å². The zero-order valence-electron chi connectivity index (χ0n) is 9.00. The van der Waals surface area contributed by atoms with E-state index >= 15 is 0 Å².